The van der Waals surface area contributed by atoms with Crippen LogP contribution in [0.15, 0.2) is 29.3 Å². The molecule has 1 aliphatic rings. The molecule has 1 fully saturated rings. The van der Waals surface area contributed by atoms with E-state index in [4.69, 9.17) is 23.1 Å². The maximum absolute atomic E-state index is 14.2. The zero-order valence-electron chi connectivity index (χ0n) is 44.9. The summed E-state index contributed by atoms with van der Waals surface area (Å²) in [5.41, 5.74) is 11.6. The number of nitrogens with zero attached hydrogens (tertiary/aromatic N) is 3. The molecule has 1 aliphatic heterocycles. The number of hydrogen-bond acceptors (Lipinski definition) is 12. The number of guanidine groups is 1. The molecule has 13 N–H and O–H groups in total. The highest BCUT2D eigenvalue weighted by Crippen LogP contribution is 2.21. The van der Waals surface area contributed by atoms with Crippen LogP contribution in [-0.4, -0.2) is 168 Å². The number of nitrogens with two attached hydrogens (primary N) is 2. The van der Waals surface area contributed by atoms with E-state index in [0.29, 0.717) is 55.8 Å². The zero-order valence-corrected chi connectivity index (χ0v) is 45.6. The molecule has 0 unspecified atom stereocenters. The van der Waals surface area contributed by atoms with Crippen LogP contribution in [0.5, 0.6) is 0 Å². The number of nitrogens with one attached hydrogen (secondary N) is 8. The van der Waals surface area contributed by atoms with Gasteiger partial charge in [-0.1, -0.05) is 71.2 Å². The van der Waals surface area contributed by atoms with Crippen LogP contribution in [0, 0.1) is 11.8 Å². The summed E-state index contributed by atoms with van der Waals surface area (Å²) in [4.78, 5) is 141. The number of rotatable bonds is 31. The monoisotopic (exact) mass is 1080 g/mol. The summed E-state index contributed by atoms with van der Waals surface area (Å²) in [5, 5.41) is 32.5. The first-order valence-corrected chi connectivity index (χ1v) is 26.1. The summed E-state index contributed by atoms with van der Waals surface area (Å²) in [5.74, 6) is -7.40. The molecule has 1 saturated heterocycles. The van der Waals surface area contributed by atoms with Gasteiger partial charge in [-0.05, 0) is 81.9 Å². The number of likely N-dealkylation sites (N-methyl/N-ethyl adjacent to an activating group) is 2. The van der Waals surface area contributed by atoms with Crippen molar-refractivity contribution in [3.05, 3.63) is 34.9 Å². The highest BCUT2D eigenvalue weighted by molar-refractivity contribution is 6.30. The molecule has 24 nitrogen and oxygen atoms in total. The summed E-state index contributed by atoms with van der Waals surface area (Å²) >= 11 is 6.08. The second kappa shape index (κ2) is 32.7. The van der Waals surface area contributed by atoms with Crippen LogP contribution in [0.1, 0.15) is 112 Å². The van der Waals surface area contributed by atoms with Crippen molar-refractivity contribution in [3.63, 3.8) is 0 Å². The van der Waals surface area contributed by atoms with Crippen molar-refractivity contribution in [2.24, 2.45) is 28.3 Å². The number of carbonyl (C=O) groups excluding carboxylic acids is 10. The second-order valence-corrected chi connectivity index (χ2v) is 19.8. The Labute approximate surface area is 445 Å². The molecular formula is C50H82ClN13O11. The van der Waals surface area contributed by atoms with E-state index >= 15 is 0 Å². The topological polar surface area (TPSA) is 358 Å². The Morgan fingerprint density at radius 2 is 1.35 bits per heavy atom. The molecule has 75 heavy (non-hydrogen) atoms. The van der Waals surface area contributed by atoms with Gasteiger partial charge in [0.25, 0.3) is 0 Å². The Morgan fingerprint density at radius 1 is 0.760 bits per heavy atom. The number of aliphatic imine (C=N–C) groups is 1. The van der Waals surface area contributed by atoms with Crippen LogP contribution in [-0.2, 0) is 54.4 Å². The molecule has 1 heterocycles. The summed E-state index contributed by atoms with van der Waals surface area (Å²) in [6.45, 7) is 13.2. The molecule has 0 saturated carbocycles. The lowest BCUT2D eigenvalue weighted by Crippen LogP contribution is -2.62. The molecule has 0 bridgehead atoms. The number of hydrogen-bond donors (Lipinski definition) is 11. The van der Waals surface area contributed by atoms with Crippen LogP contribution in [0.3, 0.4) is 0 Å². The van der Waals surface area contributed by atoms with Crippen LogP contribution >= 0.6 is 11.6 Å². The average molecular weight is 1080 g/mol. The summed E-state index contributed by atoms with van der Waals surface area (Å²) in [6, 6.07) is -2.11. The SMILES string of the molecule is CCC[C@H](NC(=O)[C@@H](NC(=O)[C@@H](CC(C)C)NC(=O)[C@H](Cc1ccc(Cl)cc1)NC(=O)CNC(=O)CN(C)C(C)=O)[C@@H](C)O)C(=O)N[C@H](C(=O)N[C@@H](CCCN=C(N)N)C(=O)N1CCC[C@H]1C(=O)NCC)[C@@H](C)CC. The van der Waals surface area contributed by atoms with Gasteiger partial charge in [-0.25, -0.2) is 0 Å². The van der Waals surface area contributed by atoms with Crippen molar-refractivity contribution in [3.8, 4) is 0 Å². The molecular weight excluding hydrogens is 994 g/mol. The minimum Gasteiger partial charge on any atom is -0.391 e. The van der Waals surface area contributed by atoms with Gasteiger partial charge in [-0.3, -0.25) is 52.9 Å². The van der Waals surface area contributed by atoms with Gasteiger partial charge in [-0.15, -0.1) is 0 Å². The zero-order chi connectivity index (χ0) is 56.5. The molecule has 0 radical (unpaired) electrons. The standard InChI is InChI=1S/C50H82ClN13O11/c1-10-15-34(43(69)61-41(29(6)11-2)47(73)59-35(16-13-22-55-50(52)53)49(75)64-23-14-17-38(64)46(72)54-12-3)58-48(74)42(30(7)65)62-45(71)36(24-28(4)5)60-44(70)37(25-32-18-20-33(51)21-19-32)57-39(67)26-56-40(68)27-63(9)31(8)66/h18-21,28-30,34-38,41-42,65H,10-17,22-27H2,1-9H3,(H,54,72)(H,56,68)(H,57,67)(H,58,74)(H,59,73)(H,60,70)(H,61,69)(H,62,71)(H4,52,53,55)/t29-,30+,34-,35-,36+,37-,38-,41-,42-/m0/s1. The van der Waals surface area contributed by atoms with E-state index in [9.17, 15) is 53.1 Å². The predicted molar refractivity (Wildman–Crippen MR) is 282 cm³/mol. The number of aliphatic hydroxyl groups excluding tert-OH is 1. The fourth-order valence-corrected chi connectivity index (χ4v) is 8.23. The van der Waals surface area contributed by atoms with Gasteiger partial charge in [0.1, 0.15) is 42.3 Å². The van der Waals surface area contributed by atoms with Crippen molar-refractivity contribution in [2.75, 3.05) is 39.8 Å². The Morgan fingerprint density at radius 3 is 1.92 bits per heavy atom. The first kappa shape index (κ1) is 64.6. The molecule has 25 heteroatoms. The lowest BCUT2D eigenvalue weighted by Gasteiger charge is -2.31. The van der Waals surface area contributed by atoms with Gasteiger partial charge in [0.05, 0.1) is 19.2 Å². The van der Waals surface area contributed by atoms with E-state index in [-0.39, 0.29) is 62.5 Å². The normalized spacial score (nSPS) is 16.3. The van der Waals surface area contributed by atoms with Gasteiger partial charge in [0.15, 0.2) is 5.96 Å². The predicted octanol–water partition coefficient (Wildman–Crippen LogP) is -1.16. The molecule has 9 atom stereocenters. The van der Waals surface area contributed by atoms with E-state index in [1.54, 1.807) is 58.9 Å². The van der Waals surface area contributed by atoms with Crippen molar-refractivity contribution in [2.45, 2.75) is 162 Å². The van der Waals surface area contributed by atoms with Gasteiger partial charge in [0, 0.05) is 45.0 Å². The highest BCUT2D eigenvalue weighted by Gasteiger charge is 2.40. The highest BCUT2D eigenvalue weighted by atomic mass is 35.5. The van der Waals surface area contributed by atoms with Gasteiger partial charge < -0.3 is 68.9 Å². The molecule has 2 rings (SSSR count). The lowest BCUT2D eigenvalue weighted by atomic mass is 9.96. The maximum atomic E-state index is 14.2. The fraction of sp³-hybridized carbons (Fsp3) is 0.660. The van der Waals surface area contributed by atoms with E-state index in [2.05, 4.69) is 47.5 Å². The molecule has 0 aliphatic carbocycles. The van der Waals surface area contributed by atoms with E-state index in [1.807, 2.05) is 6.92 Å². The van der Waals surface area contributed by atoms with E-state index < -0.39 is 108 Å². The number of halogens is 1. The van der Waals surface area contributed by atoms with E-state index in [1.165, 1.54) is 25.8 Å². The third kappa shape index (κ3) is 22.4. The first-order valence-electron chi connectivity index (χ1n) is 25.7. The number of amides is 10. The first-order chi connectivity index (χ1) is 35.3. The average Bonchev–Trinajstić information content (AvgIpc) is 3.85. The van der Waals surface area contributed by atoms with Crippen molar-refractivity contribution in [1.82, 2.24) is 52.3 Å². The quantitative estimate of drug-likeness (QED) is 0.0238. The summed E-state index contributed by atoms with van der Waals surface area (Å²) < 4.78 is 0. The summed E-state index contributed by atoms with van der Waals surface area (Å²) in [7, 11) is 1.42. The van der Waals surface area contributed by atoms with Gasteiger partial charge >= 0.3 is 0 Å². The number of carbonyl (C=O) groups is 10. The molecule has 1 aromatic carbocycles. The Balaban J connectivity index is 2.35. The molecule has 0 spiro atoms. The fourth-order valence-electron chi connectivity index (χ4n) is 8.10. The number of aliphatic hydroxyl groups is 1. The largest absolute Gasteiger partial charge is 0.391 e. The van der Waals surface area contributed by atoms with Crippen LogP contribution in [0.25, 0.3) is 0 Å². The van der Waals surface area contributed by atoms with Crippen molar-refractivity contribution in [1.29, 1.82) is 0 Å². The van der Waals surface area contributed by atoms with E-state index in [0.717, 1.165) is 4.90 Å². The van der Waals surface area contributed by atoms with Crippen molar-refractivity contribution < 1.29 is 53.1 Å². The Kier molecular flexibility index (Phi) is 28.1. The molecule has 1 aromatic rings. The molecule has 0 aromatic heterocycles. The lowest BCUT2D eigenvalue weighted by molar-refractivity contribution is -0.142. The third-order valence-electron chi connectivity index (χ3n) is 12.5. The molecule has 10 amide bonds. The van der Waals surface area contributed by atoms with Gasteiger partial charge in [0.2, 0.25) is 59.1 Å². The van der Waals surface area contributed by atoms with Crippen LogP contribution < -0.4 is 54.0 Å². The number of likely N-dealkylation sites (tertiary alicyclic amines) is 1. The van der Waals surface area contributed by atoms with Crippen molar-refractivity contribution >= 4 is 76.6 Å². The van der Waals surface area contributed by atoms with Gasteiger partial charge in [-0.2, -0.15) is 0 Å². The Bertz CT molecular complexity index is 2140. The minimum atomic E-state index is -1.65. The molecule has 420 valence electrons. The third-order valence-corrected chi connectivity index (χ3v) is 12.8. The van der Waals surface area contributed by atoms with Crippen LogP contribution in [0.2, 0.25) is 5.02 Å². The number of benzene rings is 1. The summed E-state index contributed by atoms with van der Waals surface area (Å²) in [6.07, 6.45) is 0.726. The minimum absolute atomic E-state index is 0.0442. The Hall–Kier alpha value is -6.56. The second-order valence-electron chi connectivity index (χ2n) is 19.3. The smallest absolute Gasteiger partial charge is 0.245 e. The maximum Gasteiger partial charge on any atom is 0.245 e. The van der Waals surface area contributed by atoms with Crippen LogP contribution in [0.4, 0.5) is 0 Å².